The van der Waals surface area contributed by atoms with Gasteiger partial charge >= 0.3 is 5.97 Å². The fourth-order valence-electron chi connectivity index (χ4n) is 3.01. The molecule has 0 aromatic rings. The van der Waals surface area contributed by atoms with Crippen LogP contribution in [-0.2, 0) is 18.8 Å². The van der Waals surface area contributed by atoms with Crippen molar-refractivity contribution in [2.75, 3.05) is 6.61 Å². The molecule has 1 saturated carbocycles. The lowest BCUT2D eigenvalue weighted by Crippen LogP contribution is -2.54. The van der Waals surface area contributed by atoms with Gasteiger partial charge in [0, 0.05) is 11.3 Å². The summed E-state index contributed by atoms with van der Waals surface area (Å²) in [4.78, 5) is 24.3. The topological polar surface area (TPSA) is 52.6 Å². The zero-order chi connectivity index (χ0) is 16.2. The molecule has 0 unspecified atom stereocenters. The van der Waals surface area contributed by atoms with Crippen LogP contribution in [0.4, 0.5) is 0 Å². The first-order valence-corrected chi connectivity index (χ1v) is 10.7. The van der Waals surface area contributed by atoms with E-state index in [2.05, 4.69) is 33.9 Å². The predicted molar refractivity (Wildman–Crippen MR) is 83.4 cm³/mol. The second kappa shape index (κ2) is 4.91. The molecule has 0 amide bonds. The monoisotopic (exact) mass is 312 g/mol. The van der Waals surface area contributed by atoms with Gasteiger partial charge < -0.3 is 9.16 Å². The van der Waals surface area contributed by atoms with E-state index < -0.39 is 14.2 Å². The number of Topliss-reactive ketones (excluding diaryl/α,β-unsaturated/α-hetero) is 1. The highest BCUT2D eigenvalue weighted by Crippen LogP contribution is 2.48. The molecule has 0 aromatic carbocycles. The average molecular weight is 312 g/mol. The Balaban J connectivity index is 2.14. The van der Waals surface area contributed by atoms with E-state index in [1.165, 1.54) is 0 Å². The lowest BCUT2D eigenvalue weighted by atomic mass is 9.58. The Morgan fingerprint density at radius 2 is 1.81 bits per heavy atom. The number of carbonyl (C=O) groups is 2. The minimum Gasteiger partial charge on any atom is -0.463 e. The van der Waals surface area contributed by atoms with E-state index in [0.717, 1.165) is 6.42 Å². The molecule has 0 aromatic heterocycles. The Morgan fingerprint density at radius 1 is 1.24 bits per heavy atom. The number of rotatable bonds is 3. The van der Waals surface area contributed by atoms with Gasteiger partial charge in [-0.1, -0.05) is 34.6 Å². The Kier molecular flexibility index (Phi) is 3.90. The van der Waals surface area contributed by atoms with Crippen LogP contribution in [0, 0.1) is 17.3 Å². The van der Waals surface area contributed by atoms with Crippen molar-refractivity contribution < 1.29 is 18.8 Å². The van der Waals surface area contributed by atoms with Gasteiger partial charge in [0.2, 0.25) is 0 Å². The molecule has 1 saturated heterocycles. The summed E-state index contributed by atoms with van der Waals surface area (Å²) < 4.78 is 11.6. The van der Waals surface area contributed by atoms with Crippen molar-refractivity contribution in [3.05, 3.63) is 0 Å². The summed E-state index contributed by atoms with van der Waals surface area (Å²) in [6, 6.07) is 0. The maximum absolute atomic E-state index is 12.3. The molecule has 0 radical (unpaired) electrons. The van der Waals surface area contributed by atoms with Crippen molar-refractivity contribution in [2.24, 2.45) is 17.3 Å². The maximum Gasteiger partial charge on any atom is 0.312 e. The molecule has 5 heteroatoms. The zero-order valence-corrected chi connectivity index (χ0v) is 15.3. The molecule has 0 N–H and O–H groups in total. The van der Waals surface area contributed by atoms with Gasteiger partial charge in [-0.15, -0.1) is 0 Å². The smallest absolute Gasteiger partial charge is 0.312 e. The van der Waals surface area contributed by atoms with E-state index in [0.29, 0.717) is 6.61 Å². The van der Waals surface area contributed by atoms with Crippen LogP contribution in [0.5, 0.6) is 0 Å². The SMILES string of the molecule is CC1(C)C[C@@H]([C@H]2C(=O)OC[C@H]2O[Si](C)(C)C(C)(C)C)C1=O. The maximum atomic E-state index is 12.3. The van der Waals surface area contributed by atoms with Crippen molar-refractivity contribution in [1.29, 1.82) is 0 Å². The lowest BCUT2D eigenvalue weighted by Gasteiger charge is -2.45. The summed E-state index contributed by atoms with van der Waals surface area (Å²) in [5.41, 5.74) is -0.297. The van der Waals surface area contributed by atoms with Crippen molar-refractivity contribution in [1.82, 2.24) is 0 Å². The number of ketones is 1. The number of esters is 1. The summed E-state index contributed by atoms with van der Waals surface area (Å²) >= 11 is 0. The standard InChI is InChI=1S/C16H28O4Si/c1-15(2,3)21(6,7)20-11-9-19-14(18)12(11)10-8-16(4,5)13(10)17/h10-12H,8-9H2,1-7H3/t10-,11+,12+/m0/s1. The van der Waals surface area contributed by atoms with Crippen LogP contribution in [0.2, 0.25) is 18.1 Å². The number of cyclic esters (lactones) is 1. The highest BCUT2D eigenvalue weighted by Gasteiger charge is 2.57. The first-order valence-electron chi connectivity index (χ1n) is 7.75. The Morgan fingerprint density at radius 3 is 2.24 bits per heavy atom. The fraction of sp³-hybridized carbons (Fsp3) is 0.875. The summed E-state index contributed by atoms with van der Waals surface area (Å²) in [6.45, 7) is 15.0. The molecular formula is C16H28O4Si. The van der Waals surface area contributed by atoms with Gasteiger partial charge in [0.05, 0.1) is 12.0 Å². The van der Waals surface area contributed by atoms with Crippen LogP contribution in [0.15, 0.2) is 0 Å². The van der Waals surface area contributed by atoms with Gasteiger partial charge in [-0.3, -0.25) is 9.59 Å². The highest BCUT2D eigenvalue weighted by molar-refractivity contribution is 6.74. The minimum absolute atomic E-state index is 0.0755. The van der Waals surface area contributed by atoms with E-state index in [4.69, 9.17) is 9.16 Å². The molecule has 3 atom stereocenters. The molecule has 1 aliphatic heterocycles. The molecule has 0 spiro atoms. The second-order valence-electron chi connectivity index (χ2n) is 8.63. The largest absolute Gasteiger partial charge is 0.463 e. The molecule has 2 rings (SSSR count). The molecule has 2 fully saturated rings. The highest BCUT2D eigenvalue weighted by atomic mass is 28.4. The number of ether oxygens (including phenoxy) is 1. The molecular weight excluding hydrogens is 284 g/mol. The van der Waals surface area contributed by atoms with Crippen molar-refractivity contribution in [3.63, 3.8) is 0 Å². The molecule has 2 aliphatic rings. The third kappa shape index (κ3) is 2.82. The van der Waals surface area contributed by atoms with E-state index in [1.807, 2.05) is 13.8 Å². The third-order valence-electron chi connectivity index (χ3n) is 5.48. The number of carbonyl (C=O) groups excluding carboxylic acids is 2. The summed E-state index contributed by atoms with van der Waals surface area (Å²) in [6.07, 6.45) is 0.492. The molecule has 120 valence electrons. The summed E-state index contributed by atoms with van der Waals surface area (Å²) in [7, 11) is -1.98. The zero-order valence-electron chi connectivity index (χ0n) is 14.3. The van der Waals surface area contributed by atoms with Gasteiger partial charge in [0.1, 0.15) is 12.4 Å². The third-order valence-corrected chi connectivity index (χ3v) is 9.99. The van der Waals surface area contributed by atoms with Gasteiger partial charge in [0.25, 0.3) is 0 Å². The van der Waals surface area contributed by atoms with E-state index in [-0.39, 0.29) is 34.2 Å². The van der Waals surface area contributed by atoms with E-state index in [9.17, 15) is 9.59 Å². The van der Waals surface area contributed by atoms with Gasteiger partial charge in [-0.05, 0) is 24.6 Å². The van der Waals surface area contributed by atoms with Crippen molar-refractivity contribution >= 4 is 20.1 Å². The van der Waals surface area contributed by atoms with E-state index >= 15 is 0 Å². The summed E-state index contributed by atoms with van der Waals surface area (Å²) in [5.74, 6) is -0.702. The van der Waals surface area contributed by atoms with E-state index in [1.54, 1.807) is 0 Å². The summed E-state index contributed by atoms with van der Waals surface area (Å²) in [5, 5.41) is 0.0755. The van der Waals surface area contributed by atoms with Gasteiger partial charge in [0.15, 0.2) is 8.32 Å². The Labute approximate surface area is 128 Å². The lowest BCUT2D eigenvalue weighted by molar-refractivity contribution is -0.156. The van der Waals surface area contributed by atoms with Crippen LogP contribution >= 0.6 is 0 Å². The van der Waals surface area contributed by atoms with Gasteiger partial charge in [-0.2, -0.15) is 0 Å². The Bertz CT molecular complexity index is 461. The number of hydrogen-bond acceptors (Lipinski definition) is 4. The van der Waals surface area contributed by atoms with Crippen LogP contribution in [0.3, 0.4) is 0 Å². The molecule has 21 heavy (non-hydrogen) atoms. The second-order valence-corrected chi connectivity index (χ2v) is 13.4. The fourth-order valence-corrected chi connectivity index (χ4v) is 4.33. The van der Waals surface area contributed by atoms with Crippen molar-refractivity contribution in [2.45, 2.75) is 65.3 Å². The van der Waals surface area contributed by atoms with Crippen molar-refractivity contribution in [3.8, 4) is 0 Å². The quantitative estimate of drug-likeness (QED) is 0.593. The number of hydrogen-bond donors (Lipinski definition) is 0. The first-order chi connectivity index (χ1) is 9.37. The first kappa shape index (κ1) is 16.7. The van der Waals surface area contributed by atoms with Crippen LogP contribution < -0.4 is 0 Å². The average Bonchev–Trinajstić information content (AvgIpc) is 2.65. The molecule has 0 bridgehead atoms. The molecule has 4 nitrogen and oxygen atoms in total. The van der Waals surface area contributed by atoms with Crippen LogP contribution in [0.1, 0.15) is 41.0 Å². The predicted octanol–water partition coefficient (Wildman–Crippen LogP) is 3.17. The Hall–Kier alpha value is -0.683. The molecule has 1 aliphatic carbocycles. The molecule has 1 heterocycles. The normalized spacial score (nSPS) is 32.8. The van der Waals surface area contributed by atoms with Gasteiger partial charge in [-0.25, -0.2) is 0 Å². The van der Waals surface area contributed by atoms with Crippen LogP contribution in [-0.4, -0.2) is 32.8 Å². The van der Waals surface area contributed by atoms with Crippen LogP contribution in [0.25, 0.3) is 0 Å². The minimum atomic E-state index is -1.98.